The summed E-state index contributed by atoms with van der Waals surface area (Å²) in [4.78, 5) is 0. The van der Waals surface area contributed by atoms with Gasteiger partial charge in [0, 0.05) is 5.69 Å². The van der Waals surface area contributed by atoms with Gasteiger partial charge in [0.15, 0.2) is 0 Å². The summed E-state index contributed by atoms with van der Waals surface area (Å²) < 4.78 is 86.3. The number of halogens is 7. The van der Waals surface area contributed by atoms with Crippen molar-refractivity contribution in [3.63, 3.8) is 0 Å². The summed E-state index contributed by atoms with van der Waals surface area (Å²) in [7, 11) is 0. The second kappa shape index (κ2) is 4.78. The fourth-order valence-corrected chi connectivity index (χ4v) is 1.11. The number of phenolic OH excluding ortho intramolecular Hbond substituents is 1. The predicted molar refractivity (Wildman–Crippen MR) is 52.5 cm³/mol. The van der Waals surface area contributed by atoms with Crippen molar-refractivity contribution in [3.8, 4) is 5.75 Å². The number of hydrogen-bond donors (Lipinski definition) is 2. The summed E-state index contributed by atoms with van der Waals surface area (Å²) >= 11 is 0. The van der Waals surface area contributed by atoms with E-state index < -0.39 is 24.6 Å². The Morgan fingerprint density at radius 2 is 1.37 bits per heavy atom. The van der Waals surface area contributed by atoms with E-state index in [-0.39, 0.29) is 11.4 Å². The minimum atomic E-state index is -6.34. The zero-order valence-electron chi connectivity index (χ0n) is 9.11. The topological polar surface area (TPSA) is 32.3 Å². The molecule has 0 spiro atoms. The van der Waals surface area contributed by atoms with Crippen LogP contribution in [0.5, 0.6) is 5.75 Å². The smallest absolute Gasteiger partial charge is 0.459 e. The molecule has 0 fully saturated rings. The van der Waals surface area contributed by atoms with Crippen LogP contribution in [0.15, 0.2) is 24.3 Å². The monoisotopic (exact) mass is 291 g/mol. The van der Waals surface area contributed by atoms with Crippen molar-refractivity contribution in [2.24, 2.45) is 0 Å². The lowest BCUT2D eigenvalue weighted by Gasteiger charge is -2.28. The Labute approximate surface area is 102 Å². The Bertz CT molecular complexity index is 426. The summed E-state index contributed by atoms with van der Waals surface area (Å²) in [6.07, 6.45) is -6.34. The van der Waals surface area contributed by atoms with Crippen LogP contribution < -0.4 is 5.32 Å². The molecular weight excluding hydrogens is 283 g/mol. The van der Waals surface area contributed by atoms with Crippen molar-refractivity contribution in [1.29, 1.82) is 0 Å². The molecule has 0 aliphatic rings. The Morgan fingerprint density at radius 1 is 0.895 bits per heavy atom. The predicted octanol–water partition coefficient (Wildman–Crippen LogP) is 3.64. The van der Waals surface area contributed by atoms with Crippen LogP contribution in [0.4, 0.5) is 36.4 Å². The van der Waals surface area contributed by atoms with E-state index in [1.165, 1.54) is 0 Å². The van der Waals surface area contributed by atoms with Gasteiger partial charge in [-0.15, -0.1) is 0 Å². The second-order valence-corrected chi connectivity index (χ2v) is 3.68. The number of nitrogens with one attached hydrogen (secondary N) is 1. The third-order valence-electron chi connectivity index (χ3n) is 2.20. The molecule has 2 nitrogen and oxygen atoms in total. The number of phenols is 1. The Kier molecular flexibility index (Phi) is 3.87. The Morgan fingerprint density at radius 3 is 1.79 bits per heavy atom. The van der Waals surface area contributed by atoms with Gasteiger partial charge in [0.2, 0.25) is 0 Å². The number of benzene rings is 1. The van der Waals surface area contributed by atoms with Gasteiger partial charge in [0.25, 0.3) is 0 Å². The van der Waals surface area contributed by atoms with Gasteiger partial charge in [-0.2, -0.15) is 30.7 Å². The van der Waals surface area contributed by atoms with Gasteiger partial charge < -0.3 is 10.4 Å². The second-order valence-electron chi connectivity index (χ2n) is 3.68. The van der Waals surface area contributed by atoms with Crippen molar-refractivity contribution in [2.45, 2.75) is 18.0 Å². The van der Waals surface area contributed by atoms with Crippen molar-refractivity contribution >= 4 is 5.69 Å². The van der Waals surface area contributed by atoms with Gasteiger partial charge in [-0.1, -0.05) is 0 Å². The third kappa shape index (κ3) is 3.21. The van der Waals surface area contributed by atoms with Crippen molar-refractivity contribution in [3.05, 3.63) is 24.3 Å². The van der Waals surface area contributed by atoms with Crippen molar-refractivity contribution < 1.29 is 35.8 Å². The molecule has 19 heavy (non-hydrogen) atoms. The van der Waals surface area contributed by atoms with E-state index in [0.717, 1.165) is 24.3 Å². The van der Waals surface area contributed by atoms with Crippen LogP contribution in [-0.2, 0) is 0 Å². The minimum absolute atomic E-state index is 0.129. The third-order valence-corrected chi connectivity index (χ3v) is 2.20. The molecule has 0 saturated carbocycles. The van der Waals surface area contributed by atoms with Gasteiger partial charge in [0.1, 0.15) is 5.75 Å². The maximum atomic E-state index is 12.9. The number of aromatic hydroxyl groups is 1. The average Bonchev–Trinajstić information content (AvgIpc) is 2.26. The van der Waals surface area contributed by atoms with Gasteiger partial charge >= 0.3 is 18.0 Å². The minimum Gasteiger partial charge on any atom is -0.508 e. The molecule has 0 atom stereocenters. The van der Waals surface area contributed by atoms with E-state index in [2.05, 4.69) is 0 Å². The van der Waals surface area contributed by atoms with E-state index in [0.29, 0.717) is 0 Å². The maximum absolute atomic E-state index is 12.9. The molecule has 108 valence electrons. The highest BCUT2D eigenvalue weighted by molar-refractivity contribution is 5.46. The molecular formula is C10H8F7NO. The lowest BCUT2D eigenvalue weighted by Crippen LogP contribution is -2.55. The van der Waals surface area contributed by atoms with Crippen LogP contribution in [0.25, 0.3) is 0 Å². The highest BCUT2D eigenvalue weighted by Gasteiger charge is 2.72. The molecule has 0 bridgehead atoms. The number of anilines is 1. The molecule has 0 aliphatic carbocycles. The van der Waals surface area contributed by atoms with Crippen LogP contribution in [0.1, 0.15) is 0 Å². The van der Waals surface area contributed by atoms with E-state index >= 15 is 0 Å². The molecule has 9 heteroatoms. The van der Waals surface area contributed by atoms with Crippen LogP contribution in [-0.4, -0.2) is 29.7 Å². The van der Waals surface area contributed by atoms with E-state index in [9.17, 15) is 30.7 Å². The molecule has 0 radical (unpaired) electrons. The van der Waals surface area contributed by atoms with E-state index in [4.69, 9.17) is 5.11 Å². The molecule has 0 aliphatic heterocycles. The van der Waals surface area contributed by atoms with Gasteiger partial charge in [0.05, 0.1) is 6.54 Å². The standard InChI is InChI=1S/C10H8F7NO/c11-8(12,9(13,14)10(15,16)17)5-18-6-1-3-7(19)4-2-6/h1-4,18-19H,5H2. The maximum Gasteiger partial charge on any atom is 0.459 e. The van der Waals surface area contributed by atoms with Gasteiger partial charge in [-0.05, 0) is 24.3 Å². The fraction of sp³-hybridized carbons (Fsp3) is 0.400. The Balaban J connectivity index is 2.78. The van der Waals surface area contributed by atoms with Crippen LogP contribution >= 0.6 is 0 Å². The summed E-state index contributed by atoms with van der Waals surface area (Å²) in [5.41, 5.74) is -0.129. The zero-order valence-corrected chi connectivity index (χ0v) is 9.11. The van der Waals surface area contributed by atoms with Crippen LogP contribution in [0.3, 0.4) is 0 Å². The van der Waals surface area contributed by atoms with Crippen LogP contribution in [0.2, 0.25) is 0 Å². The summed E-state index contributed by atoms with van der Waals surface area (Å²) in [5, 5.41) is 10.6. The summed E-state index contributed by atoms with van der Waals surface area (Å²) in [6, 6.07) is 4.22. The van der Waals surface area contributed by atoms with Gasteiger partial charge in [-0.3, -0.25) is 0 Å². The summed E-state index contributed by atoms with van der Waals surface area (Å²) in [5.74, 6) is -11.6. The Hall–Kier alpha value is -1.67. The molecule has 1 aromatic rings. The number of rotatable bonds is 4. The first-order valence-electron chi connectivity index (χ1n) is 4.82. The molecule has 1 rings (SSSR count). The normalized spacial score (nSPS) is 13.4. The lowest BCUT2D eigenvalue weighted by molar-refractivity contribution is -0.350. The average molecular weight is 291 g/mol. The number of hydrogen-bond acceptors (Lipinski definition) is 2. The van der Waals surface area contributed by atoms with Crippen molar-refractivity contribution in [2.75, 3.05) is 11.9 Å². The highest BCUT2D eigenvalue weighted by atomic mass is 19.4. The van der Waals surface area contributed by atoms with E-state index in [1.54, 1.807) is 5.32 Å². The first kappa shape index (κ1) is 15.4. The first-order chi connectivity index (χ1) is 8.47. The molecule has 0 unspecified atom stereocenters. The zero-order chi connectivity index (χ0) is 14.9. The number of alkyl halides is 7. The van der Waals surface area contributed by atoms with Crippen molar-refractivity contribution in [1.82, 2.24) is 0 Å². The highest BCUT2D eigenvalue weighted by Crippen LogP contribution is 2.46. The largest absolute Gasteiger partial charge is 0.508 e. The molecule has 0 heterocycles. The molecule has 1 aromatic carbocycles. The quantitative estimate of drug-likeness (QED) is 0.655. The first-order valence-corrected chi connectivity index (χ1v) is 4.82. The molecule has 0 aromatic heterocycles. The van der Waals surface area contributed by atoms with Gasteiger partial charge in [-0.25, -0.2) is 0 Å². The summed E-state index contributed by atoms with van der Waals surface area (Å²) in [6.45, 7) is -1.90. The molecule has 0 saturated heterocycles. The molecule has 2 N–H and O–H groups in total. The SMILES string of the molecule is Oc1ccc(NCC(F)(F)C(F)(F)C(F)(F)F)cc1. The lowest BCUT2D eigenvalue weighted by atomic mass is 10.1. The fourth-order valence-electron chi connectivity index (χ4n) is 1.11. The molecule has 0 amide bonds. The van der Waals surface area contributed by atoms with Crippen LogP contribution in [0, 0.1) is 0 Å². The van der Waals surface area contributed by atoms with E-state index in [1.807, 2.05) is 0 Å².